The summed E-state index contributed by atoms with van der Waals surface area (Å²) in [4.78, 5) is 24.6. The average molecular weight is 415 g/mol. The number of likely N-dealkylation sites (tertiary alicyclic amines) is 2. The molecule has 31 heavy (non-hydrogen) atoms. The third-order valence-electron chi connectivity index (χ3n) is 6.83. The van der Waals surface area contributed by atoms with Crippen molar-refractivity contribution in [2.75, 3.05) is 46.8 Å². The minimum absolute atomic E-state index is 0.0569. The Balaban J connectivity index is 1.30. The molecular weight excluding hydrogens is 384 g/mol. The number of hydrogen-bond donors (Lipinski definition) is 0. The summed E-state index contributed by atoms with van der Waals surface area (Å²) in [7, 11) is 4.29. The summed E-state index contributed by atoms with van der Waals surface area (Å²) in [6.07, 6.45) is 0. The van der Waals surface area contributed by atoms with Gasteiger partial charge >= 0.3 is 0 Å². The number of amides is 1. The second kappa shape index (κ2) is 8.06. The molecule has 1 spiro atoms. The van der Waals surface area contributed by atoms with E-state index in [2.05, 4.69) is 59.2 Å². The number of carbonyl (C=O) groups is 1. The maximum atomic E-state index is 13.2. The molecule has 2 aromatic carbocycles. The third kappa shape index (κ3) is 3.95. The number of hydrogen-bond acceptors (Lipinski definition) is 4. The molecule has 3 heterocycles. The summed E-state index contributed by atoms with van der Waals surface area (Å²) < 4.78 is 0. The lowest BCUT2D eigenvalue weighted by molar-refractivity contribution is -0.0157. The Bertz CT molecular complexity index is 1070. The average Bonchev–Trinajstić information content (AvgIpc) is 3.09. The fraction of sp³-hybridized carbons (Fsp3) is 0.385. The van der Waals surface area contributed by atoms with E-state index in [1.54, 1.807) is 0 Å². The quantitative estimate of drug-likeness (QED) is 0.642. The van der Waals surface area contributed by atoms with Crippen molar-refractivity contribution in [3.05, 3.63) is 78.0 Å². The molecule has 0 saturated carbocycles. The van der Waals surface area contributed by atoms with Gasteiger partial charge in [0.25, 0.3) is 5.91 Å². The van der Waals surface area contributed by atoms with E-state index < -0.39 is 0 Å². The largest absolute Gasteiger partial charge is 0.336 e. The molecule has 2 saturated heterocycles. The van der Waals surface area contributed by atoms with Crippen LogP contribution in [0.25, 0.3) is 10.9 Å². The smallest absolute Gasteiger partial charge is 0.272 e. The number of fused-ring (bicyclic) bond motifs is 1. The van der Waals surface area contributed by atoms with Gasteiger partial charge in [0.1, 0.15) is 5.69 Å². The zero-order valence-corrected chi connectivity index (χ0v) is 18.4. The lowest BCUT2D eigenvalue weighted by Crippen LogP contribution is -2.63. The fourth-order valence-electron chi connectivity index (χ4n) is 5.36. The highest BCUT2D eigenvalue weighted by Crippen LogP contribution is 2.45. The molecule has 2 aliphatic heterocycles. The third-order valence-corrected chi connectivity index (χ3v) is 6.83. The number of para-hydroxylation sites is 1. The second-order valence-electron chi connectivity index (χ2n) is 9.53. The highest BCUT2D eigenvalue weighted by molar-refractivity contribution is 5.95. The van der Waals surface area contributed by atoms with Gasteiger partial charge in [-0.1, -0.05) is 54.6 Å². The molecule has 5 nitrogen and oxygen atoms in total. The van der Waals surface area contributed by atoms with Gasteiger partial charge in [-0.25, -0.2) is 4.98 Å². The number of pyridine rings is 1. The molecular formula is C26H30N4O. The number of carbonyl (C=O) groups excluding carboxylic acids is 1. The molecule has 2 aliphatic rings. The van der Waals surface area contributed by atoms with Crippen LogP contribution in [0.2, 0.25) is 0 Å². The van der Waals surface area contributed by atoms with Crippen LogP contribution in [0, 0.1) is 11.3 Å². The summed E-state index contributed by atoms with van der Waals surface area (Å²) in [6.45, 7) is 5.82. The Hall–Kier alpha value is -2.76. The first-order valence-corrected chi connectivity index (χ1v) is 11.1. The van der Waals surface area contributed by atoms with E-state index in [0.29, 0.717) is 11.6 Å². The molecule has 0 N–H and O–H groups in total. The summed E-state index contributed by atoms with van der Waals surface area (Å²) in [5, 5.41) is 1.07. The zero-order chi connectivity index (χ0) is 21.4. The van der Waals surface area contributed by atoms with E-state index in [9.17, 15) is 4.79 Å². The number of benzene rings is 2. The normalized spacial score (nSPS) is 20.5. The molecule has 5 rings (SSSR count). The van der Waals surface area contributed by atoms with Crippen molar-refractivity contribution in [2.24, 2.45) is 11.3 Å². The van der Waals surface area contributed by atoms with Crippen LogP contribution in [0.3, 0.4) is 0 Å². The van der Waals surface area contributed by atoms with Crippen molar-refractivity contribution in [3.8, 4) is 0 Å². The molecule has 1 unspecified atom stereocenters. The summed E-state index contributed by atoms with van der Waals surface area (Å²) >= 11 is 0. The Morgan fingerprint density at radius 2 is 1.74 bits per heavy atom. The second-order valence-corrected chi connectivity index (χ2v) is 9.53. The summed E-state index contributed by atoms with van der Waals surface area (Å²) in [6, 6.07) is 22.5. The van der Waals surface area contributed by atoms with Crippen molar-refractivity contribution >= 4 is 16.8 Å². The lowest BCUT2D eigenvalue weighted by atomic mass is 9.71. The van der Waals surface area contributed by atoms with E-state index in [4.69, 9.17) is 0 Å². The van der Waals surface area contributed by atoms with Crippen LogP contribution in [-0.2, 0) is 6.54 Å². The minimum Gasteiger partial charge on any atom is -0.336 e. The Labute approximate surface area is 184 Å². The fourth-order valence-corrected chi connectivity index (χ4v) is 5.36. The maximum absolute atomic E-state index is 13.2. The number of rotatable bonds is 5. The molecule has 1 amide bonds. The standard InChI is InChI=1S/C26H30N4O/c1-28(2)15-22-16-29(14-20-8-4-3-5-9-20)17-26(22)18-30(19-26)25(31)24-13-12-21-10-6-7-11-23(21)27-24/h3-13,22H,14-19H2,1-2H3. The van der Waals surface area contributed by atoms with E-state index in [0.717, 1.165) is 50.2 Å². The van der Waals surface area contributed by atoms with E-state index in [-0.39, 0.29) is 11.3 Å². The number of nitrogens with zero attached hydrogens (tertiary/aromatic N) is 4. The van der Waals surface area contributed by atoms with Crippen molar-refractivity contribution in [3.63, 3.8) is 0 Å². The first-order valence-electron chi connectivity index (χ1n) is 11.1. The summed E-state index contributed by atoms with van der Waals surface area (Å²) in [5.41, 5.74) is 2.97. The Morgan fingerprint density at radius 1 is 1.00 bits per heavy atom. The first-order chi connectivity index (χ1) is 15.0. The minimum atomic E-state index is 0.0569. The molecule has 3 aromatic rings. The molecule has 1 atom stereocenters. The highest BCUT2D eigenvalue weighted by Gasteiger charge is 2.55. The van der Waals surface area contributed by atoms with Crippen LogP contribution in [-0.4, -0.2) is 72.4 Å². The van der Waals surface area contributed by atoms with Crippen LogP contribution < -0.4 is 0 Å². The number of aromatic nitrogens is 1. The van der Waals surface area contributed by atoms with Gasteiger partial charge in [-0.2, -0.15) is 0 Å². The molecule has 0 aliphatic carbocycles. The van der Waals surface area contributed by atoms with Crippen molar-refractivity contribution in [2.45, 2.75) is 6.54 Å². The Kier molecular flexibility index (Phi) is 5.24. The van der Waals surface area contributed by atoms with Gasteiger partial charge in [0.15, 0.2) is 0 Å². The molecule has 0 bridgehead atoms. The highest BCUT2D eigenvalue weighted by atomic mass is 16.2. The van der Waals surface area contributed by atoms with Crippen LogP contribution in [0.1, 0.15) is 16.1 Å². The van der Waals surface area contributed by atoms with Gasteiger partial charge in [-0.3, -0.25) is 9.69 Å². The monoisotopic (exact) mass is 414 g/mol. The molecule has 0 radical (unpaired) electrons. The SMILES string of the molecule is CN(C)CC1CN(Cc2ccccc2)CC12CN(C(=O)c1ccc3ccccc3n1)C2. The van der Waals surface area contributed by atoms with E-state index in [1.807, 2.05) is 41.3 Å². The van der Waals surface area contributed by atoms with Crippen molar-refractivity contribution in [1.82, 2.24) is 19.7 Å². The maximum Gasteiger partial charge on any atom is 0.272 e. The summed E-state index contributed by atoms with van der Waals surface area (Å²) in [5.74, 6) is 0.626. The molecule has 160 valence electrons. The van der Waals surface area contributed by atoms with Gasteiger partial charge < -0.3 is 9.80 Å². The van der Waals surface area contributed by atoms with Crippen molar-refractivity contribution < 1.29 is 4.79 Å². The predicted molar refractivity (Wildman–Crippen MR) is 124 cm³/mol. The van der Waals surface area contributed by atoms with Gasteiger partial charge in [0, 0.05) is 50.1 Å². The predicted octanol–water partition coefficient (Wildman–Crippen LogP) is 3.37. The molecule has 5 heteroatoms. The molecule has 1 aromatic heterocycles. The van der Waals surface area contributed by atoms with Gasteiger partial charge in [-0.05, 0) is 37.7 Å². The van der Waals surface area contributed by atoms with E-state index in [1.165, 1.54) is 5.56 Å². The lowest BCUT2D eigenvalue weighted by Gasteiger charge is -2.51. The first kappa shape index (κ1) is 20.2. The zero-order valence-electron chi connectivity index (χ0n) is 18.4. The van der Waals surface area contributed by atoms with Gasteiger partial charge in [-0.15, -0.1) is 0 Å². The molecule has 2 fully saturated rings. The van der Waals surface area contributed by atoms with Gasteiger partial charge in [0.05, 0.1) is 5.52 Å². The van der Waals surface area contributed by atoms with Gasteiger partial charge in [0.2, 0.25) is 0 Å². The van der Waals surface area contributed by atoms with Crippen LogP contribution in [0.4, 0.5) is 0 Å². The topological polar surface area (TPSA) is 39.7 Å². The van der Waals surface area contributed by atoms with Crippen LogP contribution in [0.15, 0.2) is 66.7 Å². The van der Waals surface area contributed by atoms with E-state index >= 15 is 0 Å². The van der Waals surface area contributed by atoms with Crippen LogP contribution >= 0.6 is 0 Å². The van der Waals surface area contributed by atoms with Crippen LogP contribution in [0.5, 0.6) is 0 Å². The Morgan fingerprint density at radius 3 is 2.52 bits per heavy atom. The van der Waals surface area contributed by atoms with Crippen molar-refractivity contribution in [1.29, 1.82) is 0 Å².